The second-order valence-corrected chi connectivity index (χ2v) is 9.36. The Kier molecular flexibility index (Phi) is 6.11. The fourth-order valence-electron chi connectivity index (χ4n) is 3.48. The zero-order chi connectivity index (χ0) is 24.3. The number of aromatic nitrogens is 2. The molecule has 0 saturated carbocycles. The monoisotopic (exact) mass is 491 g/mol. The first kappa shape index (κ1) is 22.5. The molecule has 1 N–H and O–H groups in total. The minimum Gasteiger partial charge on any atom is -0.486 e. The third-order valence-corrected chi connectivity index (χ3v) is 6.65. The number of esters is 1. The lowest BCUT2D eigenvalue weighted by atomic mass is 10.2. The van der Waals surface area contributed by atoms with Crippen LogP contribution in [0.25, 0.3) is 5.69 Å². The number of carbonyl (C=O) groups is 1. The fraction of sp³-hybridized carbons (Fsp3) is 0.120. The van der Waals surface area contributed by atoms with Crippen molar-refractivity contribution in [1.82, 2.24) is 9.78 Å². The van der Waals surface area contributed by atoms with Crippen LogP contribution in [-0.4, -0.2) is 37.4 Å². The quantitative estimate of drug-likeness (QED) is 0.392. The van der Waals surface area contributed by atoms with E-state index in [1.165, 1.54) is 36.4 Å². The van der Waals surface area contributed by atoms with E-state index in [4.69, 9.17) is 14.2 Å². The van der Waals surface area contributed by atoms with Crippen LogP contribution in [0.15, 0.2) is 90.1 Å². The summed E-state index contributed by atoms with van der Waals surface area (Å²) in [5.41, 5.74) is 2.35. The molecule has 4 aromatic rings. The molecule has 0 spiro atoms. The summed E-state index contributed by atoms with van der Waals surface area (Å²) in [4.78, 5) is 12.5. The summed E-state index contributed by atoms with van der Waals surface area (Å²) in [6, 6.07) is 19.8. The highest BCUT2D eigenvalue weighted by Gasteiger charge is 2.20. The summed E-state index contributed by atoms with van der Waals surface area (Å²) in [6.07, 6.45) is 3.54. The Bertz CT molecular complexity index is 1430. The van der Waals surface area contributed by atoms with Crippen molar-refractivity contribution in [3.05, 3.63) is 96.3 Å². The van der Waals surface area contributed by atoms with Gasteiger partial charge in [-0.1, -0.05) is 12.1 Å². The van der Waals surface area contributed by atoms with Crippen molar-refractivity contribution in [2.24, 2.45) is 0 Å². The van der Waals surface area contributed by atoms with Gasteiger partial charge < -0.3 is 14.2 Å². The lowest BCUT2D eigenvalue weighted by Gasteiger charge is -2.19. The number of carbonyl (C=O) groups excluding carboxylic acids is 1. The van der Waals surface area contributed by atoms with Crippen molar-refractivity contribution in [1.29, 1.82) is 0 Å². The Balaban J connectivity index is 1.19. The molecule has 0 fully saturated rings. The van der Waals surface area contributed by atoms with Crippen molar-refractivity contribution in [3.63, 3.8) is 0 Å². The zero-order valence-electron chi connectivity index (χ0n) is 18.5. The van der Waals surface area contributed by atoms with E-state index in [0.717, 1.165) is 11.3 Å². The highest BCUT2D eigenvalue weighted by molar-refractivity contribution is 7.92. The normalized spacial score (nSPS) is 12.7. The molecule has 0 atom stereocenters. The molecule has 5 rings (SSSR count). The fourth-order valence-corrected chi connectivity index (χ4v) is 4.55. The summed E-state index contributed by atoms with van der Waals surface area (Å²) in [6.45, 7) is 0.888. The van der Waals surface area contributed by atoms with Crippen LogP contribution in [0.3, 0.4) is 0 Å². The molecule has 0 radical (unpaired) electrons. The van der Waals surface area contributed by atoms with Crippen LogP contribution in [0.5, 0.6) is 11.5 Å². The van der Waals surface area contributed by atoms with E-state index >= 15 is 0 Å². The van der Waals surface area contributed by atoms with Gasteiger partial charge in [-0.25, -0.2) is 17.9 Å². The van der Waals surface area contributed by atoms with Gasteiger partial charge in [0.25, 0.3) is 10.0 Å². The standard InChI is InChI=1S/C25H21N3O6S/c29-25(34-17-18-2-8-21(9-3-18)28-13-1-12-26-28)19-4-6-20(7-5-19)27-35(30,31)22-10-11-23-24(16-22)33-15-14-32-23/h1-13,16,27H,14-15,17H2. The van der Waals surface area contributed by atoms with E-state index in [0.29, 0.717) is 36.0 Å². The summed E-state index contributed by atoms with van der Waals surface area (Å²) >= 11 is 0. The number of sulfonamides is 1. The molecule has 178 valence electrons. The van der Waals surface area contributed by atoms with E-state index in [9.17, 15) is 13.2 Å². The number of fused-ring (bicyclic) bond motifs is 1. The van der Waals surface area contributed by atoms with Crippen molar-refractivity contribution < 1.29 is 27.4 Å². The van der Waals surface area contributed by atoms with Gasteiger partial charge in [0.2, 0.25) is 0 Å². The second kappa shape index (κ2) is 9.51. The van der Waals surface area contributed by atoms with Crippen LogP contribution in [0.4, 0.5) is 5.69 Å². The van der Waals surface area contributed by atoms with Gasteiger partial charge in [0.1, 0.15) is 19.8 Å². The number of hydrogen-bond acceptors (Lipinski definition) is 7. The first-order valence-electron chi connectivity index (χ1n) is 10.8. The maximum Gasteiger partial charge on any atom is 0.338 e. The molecule has 35 heavy (non-hydrogen) atoms. The topological polar surface area (TPSA) is 109 Å². The van der Waals surface area contributed by atoms with E-state index in [-0.39, 0.29) is 11.5 Å². The number of rotatable bonds is 7. The average molecular weight is 492 g/mol. The SMILES string of the molecule is O=C(OCc1ccc(-n2cccn2)cc1)c1ccc(NS(=O)(=O)c2ccc3c(c2)OCCO3)cc1. The Labute approximate surface area is 201 Å². The number of benzene rings is 3. The lowest BCUT2D eigenvalue weighted by Crippen LogP contribution is -2.17. The Morgan fingerprint density at radius 1 is 0.971 bits per heavy atom. The zero-order valence-corrected chi connectivity index (χ0v) is 19.3. The van der Waals surface area contributed by atoms with Crippen LogP contribution in [0.2, 0.25) is 0 Å². The van der Waals surface area contributed by atoms with Gasteiger partial charge >= 0.3 is 5.97 Å². The second-order valence-electron chi connectivity index (χ2n) is 7.68. The Morgan fingerprint density at radius 2 is 1.71 bits per heavy atom. The lowest BCUT2D eigenvalue weighted by molar-refractivity contribution is 0.0472. The number of anilines is 1. The third-order valence-electron chi connectivity index (χ3n) is 5.27. The molecule has 0 unspecified atom stereocenters. The van der Waals surface area contributed by atoms with Gasteiger partial charge in [0.05, 0.1) is 16.1 Å². The molecule has 1 aliphatic rings. The highest BCUT2D eigenvalue weighted by atomic mass is 32.2. The number of ether oxygens (including phenoxy) is 3. The van der Waals surface area contributed by atoms with Crippen LogP contribution in [0, 0.1) is 0 Å². The Hall–Kier alpha value is -4.31. The number of nitrogens with zero attached hydrogens (tertiary/aromatic N) is 2. The third kappa shape index (κ3) is 5.12. The minimum absolute atomic E-state index is 0.0452. The van der Waals surface area contributed by atoms with Gasteiger partial charge in [-0.15, -0.1) is 0 Å². The molecule has 1 aromatic heterocycles. The van der Waals surface area contributed by atoms with Gasteiger partial charge in [0.15, 0.2) is 11.5 Å². The average Bonchev–Trinajstić information content (AvgIpc) is 3.43. The molecule has 2 heterocycles. The minimum atomic E-state index is -3.85. The predicted molar refractivity (Wildman–Crippen MR) is 127 cm³/mol. The Morgan fingerprint density at radius 3 is 2.43 bits per heavy atom. The number of hydrogen-bond donors (Lipinski definition) is 1. The van der Waals surface area contributed by atoms with Gasteiger partial charge in [-0.2, -0.15) is 5.10 Å². The van der Waals surface area contributed by atoms with Gasteiger partial charge in [0, 0.05) is 24.1 Å². The van der Waals surface area contributed by atoms with Crippen molar-refractivity contribution >= 4 is 21.7 Å². The molecule has 9 nitrogen and oxygen atoms in total. The van der Waals surface area contributed by atoms with E-state index in [2.05, 4.69) is 9.82 Å². The van der Waals surface area contributed by atoms with E-state index < -0.39 is 16.0 Å². The molecule has 0 aliphatic carbocycles. The molecule has 10 heteroatoms. The molecule has 0 bridgehead atoms. The van der Waals surface area contributed by atoms with Crippen molar-refractivity contribution in [2.75, 3.05) is 17.9 Å². The van der Waals surface area contributed by atoms with Gasteiger partial charge in [-0.3, -0.25) is 4.72 Å². The van der Waals surface area contributed by atoms with Crippen LogP contribution < -0.4 is 14.2 Å². The largest absolute Gasteiger partial charge is 0.486 e. The molecule has 0 amide bonds. The molecular formula is C25H21N3O6S. The summed E-state index contributed by atoms with van der Waals surface area (Å²) < 4.78 is 46.0. The smallest absolute Gasteiger partial charge is 0.338 e. The summed E-state index contributed by atoms with van der Waals surface area (Å²) in [5, 5.41) is 4.17. The summed E-state index contributed by atoms with van der Waals surface area (Å²) in [5.74, 6) is 0.377. The van der Waals surface area contributed by atoms with Crippen molar-refractivity contribution in [3.8, 4) is 17.2 Å². The molecule has 0 saturated heterocycles. The van der Waals surface area contributed by atoms with Gasteiger partial charge in [-0.05, 0) is 60.2 Å². The van der Waals surface area contributed by atoms with E-state index in [1.807, 2.05) is 36.5 Å². The van der Waals surface area contributed by atoms with Crippen LogP contribution >= 0.6 is 0 Å². The first-order chi connectivity index (χ1) is 17.0. The maximum atomic E-state index is 12.8. The maximum absolute atomic E-state index is 12.8. The number of nitrogens with one attached hydrogen (secondary N) is 1. The first-order valence-corrected chi connectivity index (χ1v) is 12.2. The van der Waals surface area contributed by atoms with Crippen molar-refractivity contribution in [2.45, 2.75) is 11.5 Å². The molecular weight excluding hydrogens is 470 g/mol. The predicted octanol–water partition coefficient (Wildman–Crippen LogP) is 3.80. The highest BCUT2D eigenvalue weighted by Crippen LogP contribution is 2.32. The molecule has 3 aromatic carbocycles. The molecule has 1 aliphatic heterocycles. The van der Waals surface area contributed by atoms with Crippen LogP contribution in [-0.2, 0) is 21.4 Å². The van der Waals surface area contributed by atoms with E-state index in [1.54, 1.807) is 16.9 Å². The van der Waals surface area contributed by atoms with Crippen LogP contribution in [0.1, 0.15) is 15.9 Å². The summed E-state index contributed by atoms with van der Waals surface area (Å²) in [7, 11) is -3.85.